The van der Waals surface area contributed by atoms with Gasteiger partial charge < -0.3 is 10.3 Å². The predicted molar refractivity (Wildman–Crippen MR) is 138 cm³/mol. The molecule has 0 spiro atoms. The molecule has 2 aromatic carbocycles. The van der Waals surface area contributed by atoms with Gasteiger partial charge in [-0.05, 0) is 41.5 Å². The largest absolute Gasteiger partial charge is 0.343 e. The smallest absolute Gasteiger partial charge is 0.257 e. The van der Waals surface area contributed by atoms with Crippen molar-refractivity contribution in [3.63, 3.8) is 0 Å². The fourth-order valence-electron chi connectivity index (χ4n) is 4.68. The molecule has 34 heavy (non-hydrogen) atoms. The van der Waals surface area contributed by atoms with Gasteiger partial charge in [0.1, 0.15) is 5.82 Å². The Balaban J connectivity index is 1.55. The van der Waals surface area contributed by atoms with Gasteiger partial charge in [-0.3, -0.25) is 9.59 Å². The van der Waals surface area contributed by atoms with E-state index in [1.54, 1.807) is 0 Å². The van der Waals surface area contributed by atoms with Crippen LogP contribution in [0.1, 0.15) is 67.2 Å². The highest BCUT2D eigenvalue weighted by Gasteiger charge is 2.37. The van der Waals surface area contributed by atoms with Crippen LogP contribution in [-0.4, -0.2) is 15.8 Å². The highest BCUT2D eigenvalue weighted by molar-refractivity contribution is 7.98. The van der Waals surface area contributed by atoms with E-state index in [4.69, 9.17) is 16.6 Å². The molecule has 2 N–H and O–H groups in total. The summed E-state index contributed by atoms with van der Waals surface area (Å²) in [7, 11) is 0. The number of nitrogens with zero attached hydrogens (tertiary/aromatic N) is 1. The van der Waals surface area contributed by atoms with Gasteiger partial charge >= 0.3 is 0 Å². The number of thioether (sulfide) groups is 1. The average molecular weight is 492 g/mol. The quantitative estimate of drug-likeness (QED) is 0.319. The van der Waals surface area contributed by atoms with E-state index in [-0.39, 0.29) is 11.3 Å². The molecule has 1 aromatic heterocycles. The van der Waals surface area contributed by atoms with Gasteiger partial charge in [0.25, 0.3) is 5.56 Å². The van der Waals surface area contributed by atoms with Crippen molar-refractivity contribution in [2.24, 2.45) is 0 Å². The van der Waals surface area contributed by atoms with Gasteiger partial charge in [0.05, 0.1) is 5.56 Å². The van der Waals surface area contributed by atoms with Crippen LogP contribution in [0, 0.1) is 0 Å². The number of carbonyl (C=O) groups excluding carboxylic acids is 1. The summed E-state index contributed by atoms with van der Waals surface area (Å²) in [6, 6.07) is 15.9. The number of aromatic nitrogens is 2. The fourth-order valence-corrected chi connectivity index (χ4v) is 5.82. The van der Waals surface area contributed by atoms with Crippen molar-refractivity contribution in [3.8, 4) is 0 Å². The van der Waals surface area contributed by atoms with Crippen LogP contribution < -0.4 is 10.9 Å². The third-order valence-electron chi connectivity index (χ3n) is 6.50. The van der Waals surface area contributed by atoms with Crippen molar-refractivity contribution in [2.75, 3.05) is 5.32 Å². The minimum absolute atomic E-state index is 0.105. The molecule has 2 heterocycles. The molecule has 0 bridgehead atoms. The minimum Gasteiger partial charge on any atom is -0.343 e. The van der Waals surface area contributed by atoms with Crippen LogP contribution >= 0.6 is 23.4 Å². The number of allylic oxidation sites excluding steroid dienone is 2. The highest BCUT2D eigenvalue weighted by atomic mass is 35.5. The van der Waals surface area contributed by atoms with Crippen LogP contribution in [0.3, 0.4) is 0 Å². The van der Waals surface area contributed by atoms with Crippen LogP contribution in [-0.2, 0) is 10.5 Å². The molecule has 174 valence electrons. The van der Waals surface area contributed by atoms with E-state index in [1.807, 2.05) is 36.4 Å². The Hall–Kier alpha value is -2.83. The molecule has 5 rings (SSSR count). The van der Waals surface area contributed by atoms with Gasteiger partial charge in [0, 0.05) is 34.4 Å². The summed E-state index contributed by atoms with van der Waals surface area (Å²) < 4.78 is 0. The summed E-state index contributed by atoms with van der Waals surface area (Å²) in [6.07, 6.45) is 2.08. The highest BCUT2D eigenvalue weighted by Crippen LogP contribution is 2.43. The maximum absolute atomic E-state index is 13.4. The Kier molecular flexibility index (Phi) is 6.36. The number of hydrogen-bond donors (Lipinski definition) is 2. The number of Topliss-reactive ketones (excluding diaryl/α,β-unsaturated/α-hetero) is 1. The number of H-pyrrole nitrogens is 1. The van der Waals surface area contributed by atoms with Gasteiger partial charge in [-0.25, -0.2) is 4.98 Å². The van der Waals surface area contributed by atoms with E-state index >= 15 is 0 Å². The summed E-state index contributed by atoms with van der Waals surface area (Å²) in [4.78, 5) is 34.1. The number of ketones is 1. The number of rotatable bonds is 5. The summed E-state index contributed by atoms with van der Waals surface area (Å²) in [5.74, 6) is 1.22. The molecule has 0 saturated carbocycles. The van der Waals surface area contributed by atoms with Gasteiger partial charge in [0.15, 0.2) is 10.9 Å². The van der Waals surface area contributed by atoms with Gasteiger partial charge in [-0.15, -0.1) is 0 Å². The minimum atomic E-state index is -0.417. The standard InChI is InChI=1S/C27H26ClN3O2S/c1-15(2)16-10-12-17(13-11-16)22-23-20(8-5-9-21(23)32)29-25-24(22)26(33)31-27(30-25)34-14-18-6-3-4-7-19(18)28/h3-4,6-7,10-13,15,22H,5,8-9,14H2,1-2H3,(H2,29,30,31,33)/t22-/m1/s1. The molecule has 7 heteroatoms. The second-order valence-electron chi connectivity index (χ2n) is 9.06. The first-order valence-corrected chi connectivity index (χ1v) is 12.9. The van der Waals surface area contributed by atoms with Crippen molar-refractivity contribution < 1.29 is 4.79 Å². The molecule has 0 radical (unpaired) electrons. The SMILES string of the molecule is CC(C)c1ccc([C@@H]2C3=C(CCCC3=O)Nc3nc(SCc4ccccc4Cl)[nH]c(=O)c32)cc1. The lowest BCUT2D eigenvalue weighted by Crippen LogP contribution is -2.32. The van der Waals surface area contributed by atoms with Crippen LogP contribution in [0.5, 0.6) is 0 Å². The molecule has 5 nitrogen and oxygen atoms in total. The molecule has 2 aliphatic rings. The fraction of sp³-hybridized carbons (Fsp3) is 0.296. The number of nitrogens with one attached hydrogen (secondary N) is 2. The average Bonchev–Trinajstić information content (AvgIpc) is 2.82. The Bertz CT molecular complexity index is 1340. The predicted octanol–water partition coefficient (Wildman–Crippen LogP) is 6.40. The van der Waals surface area contributed by atoms with Crippen molar-refractivity contribution in [1.82, 2.24) is 9.97 Å². The maximum atomic E-state index is 13.4. The first kappa shape index (κ1) is 22.9. The lowest BCUT2D eigenvalue weighted by atomic mass is 9.76. The number of anilines is 1. The van der Waals surface area contributed by atoms with E-state index in [0.29, 0.717) is 45.2 Å². The van der Waals surface area contributed by atoms with Gasteiger partial charge in [0.2, 0.25) is 0 Å². The summed E-state index contributed by atoms with van der Waals surface area (Å²) in [6.45, 7) is 4.30. The monoisotopic (exact) mass is 491 g/mol. The maximum Gasteiger partial charge on any atom is 0.257 e. The zero-order chi connectivity index (χ0) is 23.8. The molecular weight excluding hydrogens is 466 g/mol. The number of hydrogen-bond acceptors (Lipinski definition) is 5. The molecule has 0 amide bonds. The molecule has 1 aliphatic carbocycles. The Labute approximate surface area is 208 Å². The van der Waals surface area contributed by atoms with E-state index in [1.165, 1.54) is 17.3 Å². The van der Waals surface area contributed by atoms with Crippen LogP contribution in [0.4, 0.5) is 5.82 Å². The molecule has 0 unspecified atom stereocenters. The third kappa shape index (κ3) is 4.32. The van der Waals surface area contributed by atoms with E-state index < -0.39 is 5.92 Å². The number of carbonyl (C=O) groups is 1. The molecule has 1 atom stereocenters. The first-order chi connectivity index (χ1) is 16.4. The number of benzene rings is 2. The topological polar surface area (TPSA) is 74.8 Å². The molecule has 1 aliphatic heterocycles. The zero-order valence-corrected chi connectivity index (χ0v) is 20.7. The van der Waals surface area contributed by atoms with E-state index in [2.05, 4.69) is 36.3 Å². The number of aromatic amines is 1. The van der Waals surface area contributed by atoms with Crippen LogP contribution in [0.25, 0.3) is 0 Å². The van der Waals surface area contributed by atoms with Crippen molar-refractivity contribution in [3.05, 3.63) is 97.4 Å². The Morgan fingerprint density at radius 3 is 2.59 bits per heavy atom. The lowest BCUT2D eigenvalue weighted by Gasteiger charge is -2.33. The van der Waals surface area contributed by atoms with Crippen LogP contribution in [0.2, 0.25) is 5.02 Å². The van der Waals surface area contributed by atoms with E-state index in [9.17, 15) is 9.59 Å². The number of fused-ring (bicyclic) bond motifs is 1. The Morgan fingerprint density at radius 2 is 1.85 bits per heavy atom. The summed E-state index contributed by atoms with van der Waals surface area (Å²) in [5.41, 5.74) is 5.03. The third-order valence-corrected chi connectivity index (χ3v) is 7.79. The van der Waals surface area contributed by atoms with Crippen molar-refractivity contribution in [1.29, 1.82) is 0 Å². The van der Waals surface area contributed by atoms with Crippen molar-refractivity contribution in [2.45, 2.75) is 55.9 Å². The second kappa shape index (κ2) is 9.43. The van der Waals surface area contributed by atoms with Crippen molar-refractivity contribution >= 4 is 35.0 Å². The normalized spacial score (nSPS) is 17.4. The zero-order valence-electron chi connectivity index (χ0n) is 19.2. The second-order valence-corrected chi connectivity index (χ2v) is 10.4. The molecule has 0 saturated heterocycles. The molecule has 3 aromatic rings. The number of halogens is 1. The molecule has 0 fully saturated rings. The first-order valence-electron chi connectivity index (χ1n) is 11.6. The van der Waals surface area contributed by atoms with Crippen LogP contribution in [0.15, 0.2) is 69.8 Å². The van der Waals surface area contributed by atoms with E-state index in [0.717, 1.165) is 29.7 Å². The summed E-state index contributed by atoms with van der Waals surface area (Å²) >= 11 is 7.72. The molecular formula is C27H26ClN3O2S. The Morgan fingerprint density at radius 1 is 1.09 bits per heavy atom. The van der Waals surface area contributed by atoms with Gasteiger partial charge in [-0.1, -0.05) is 79.7 Å². The summed E-state index contributed by atoms with van der Waals surface area (Å²) in [5, 5.41) is 4.55. The van der Waals surface area contributed by atoms with Gasteiger partial charge in [-0.2, -0.15) is 0 Å². The lowest BCUT2D eigenvalue weighted by molar-refractivity contribution is -0.116.